The third kappa shape index (κ3) is 4.71. The van der Waals surface area contributed by atoms with Gasteiger partial charge in [0, 0.05) is 21.0 Å². The van der Waals surface area contributed by atoms with Gasteiger partial charge in [-0.2, -0.15) is 0 Å². The maximum absolute atomic E-state index is 13.9. The van der Waals surface area contributed by atoms with Crippen LogP contribution in [0.2, 0.25) is 0 Å². The van der Waals surface area contributed by atoms with Gasteiger partial charge in [-0.3, -0.25) is 23.7 Å². The zero-order valence-corrected chi connectivity index (χ0v) is 24.2. The lowest BCUT2D eigenvalue weighted by molar-refractivity contribution is -0.122. The molecule has 0 aliphatic carbocycles. The number of thiazole rings is 1. The highest BCUT2D eigenvalue weighted by molar-refractivity contribution is 9.10. The Morgan fingerprint density at radius 1 is 0.950 bits per heavy atom. The molecule has 202 valence electrons. The summed E-state index contributed by atoms with van der Waals surface area (Å²) in [5.41, 5.74) is 2.72. The standard InChI is InChI=1S/C29H21BrFN3O4S2/c1-15-2-10-19(11-3-15)32-21(35)14-33-28-25(40-29(33)38)22(16-4-8-18(31)9-5-16)23-24(39-28)27(37)34(26(23)36)20-12-6-17(30)7-13-20/h2-13,22-24H,14H2,1H3,(H,32,35)/t22-,23?,24?/m1/s1. The number of carbonyl (C=O) groups excluding carboxylic acids is 3. The Kier molecular flexibility index (Phi) is 6.97. The van der Waals surface area contributed by atoms with Crippen LogP contribution in [0.1, 0.15) is 21.9 Å². The molecule has 2 unspecified atom stereocenters. The van der Waals surface area contributed by atoms with Crippen LogP contribution in [0.5, 0.6) is 0 Å². The number of carbonyl (C=O) groups is 3. The molecule has 3 heterocycles. The Labute approximate surface area is 245 Å². The maximum Gasteiger partial charge on any atom is 0.308 e. The number of imide groups is 1. The number of hydrogen-bond acceptors (Lipinski definition) is 6. The number of nitrogens with one attached hydrogen (secondary N) is 1. The number of aryl methyl sites for hydroxylation is 1. The Morgan fingerprint density at radius 3 is 2.30 bits per heavy atom. The van der Waals surface area contributed by atoms with E-state index in [0.29, 0.717) is 26.8 Å². The molecule has 1 saturated heterocycles. The number of thioether (sulfide) groups is 1. The highest BCUT2D eigenvalue weighted by Crippen LogP contribution is 2.53. The Balaban J connectivity index is 1.40. The molecule has 0 bridgehead atoms. The number of amides is 3. The summed E-state index contributed by atoms with van der Waals surface area (Å²) in [4.78, 5) is 55.2. The minimum absolute atomic E-state index is 0.252. The zero-order valence-electron chi connectivity index (χ0n) is 21.0. The van der Waals surface area contributed by atoms with Crippen molar-refractivity contribution in [1.82, 2.24) is 4.57 Å². The van der Waals surface area contributed by atoms with Crippen molar-refractivity contribution in [2.75, 3.05) is 10.2 Å². The van der Waals surface area contributed by atoms with Gasteiger partial charge in [0.05, 0.1) is 16.6 Å². The molecule has 1 fully saturated rings. The maximum atomic E-state index is 13.9. The van der Waals surface area contributed by atoms with Crippen LogP contribution >= 0.6 is 39.0 Å². The molecule has 1 N–H and O–H groups in total. The summed E-state index contributed by atoms with van der Waals surface area (Å²) in [5.74, 6) is -3.05. The fourth-order valence-electron chi connectivity index (χ4n) is 5.11. The number of benzene rings is 3. The Hall–Kier alpha value is -3.54. The van der Waals surface area contributed by atoms with E-state index in [1.807, 2.05) is 19.1 Å². The number of rotatable bonds is 5. The summed E-state index contributed by atoms with van der Waals surface area (Å²) in [7, 11) is 0. The zero-order chi connectivity index (χ0) is 28.1. The van der Waals surface area contributed by atoms with E-state index in [0.717, 1.165) is 33.1 Å². The van der Waals surface area contributed by atoms with Gasteiger partial charge in [0.25, 0.3) is 0 Å². The second-order valence-corrected chi connectivity index (χ2v) is 12.7. The molecule has 4 aromatic rings. The van der Waals surface area contributed by atoms with Crippen LogP contribution in [0, 0.1) is 18.7 Å². The number of anilines is 2. The molecule has 7 nitrogen and oxygen atoms in total. The molecular weight excluding hydrogens is 617 g/mol. The fraction of sp³-hybridized carbons (Fsp3) is 0.172. The lowest BCUT2D eigenvalue weighted by Gasteiger charge is -2.30. The van der Waals surface area contributed by atoms with E-state index in [1.165, 1.54) is 21.6 Å². The van der Waals surface area contributed by atoms with E-state index < -0.39 is 34.7 Å². The first kappa shape index (κ1) is 26.7. The summed E-state index contributed by atoms with van der Waals surface area (Å²) in [6, 6.07) is 20.0. The minimum Gasteiger partial charge on any atom is -0.325 e. The van der Waals surface area contributed by atoms with Gasteiger partial charge in [-0.1, -0.05) is 68.9 Å². The first-order valence-electron chi connectivity index (χ1n) is 12.4. The minimum atomic E-state index is -0.820. The summed E-state index contributed by atoms with van der Waals surface area (Å²) in [5, 5.41) is 2.46. The molecule has 2 aliphatic rings. The second-order valence-electron chi connectivity index (χ2n) is 9.62. The van der Waals surface area contributed by atoms with E-state index >= 15 is 0 Å². The van der Waals surface area contributed by atoms with E-state index in [9.17, 15) is 23.6 Å². The number of nitrogens with zero attached hydrogens (tertiary/aromatic N) is 2. The third-order valence-electron chi connectivity index (χ3n) is 7.00. The Morgan fingerprint density at radius 2 is 1.62 bits per heavy atom. The molecule has 11 heteroatoms. The van der Waals surface area contributed by atoms with Gasteiger partial charge in [0.2, 0.25) is 17.7 Å². The molecule has 0 saturated carbocycles. The van der Waals surface area contributed by atoms with Crippen LogP contribution in [0.4, 0.5) is 15.8 Å². The van der Waals surface area contributed by atoms with Crippen molar-refractivity contribution < 1.29 is 18.8 Å². The number of halogens is 2. The van der Waals surface area contributed by atoms with Crippen molar-refractivity contribution in [3.05, 3.63) is 109 Å². The average Bonchev–Trinajstić information content (AvgIpc) is 3.37. The van der Waals surface area contributed by atoms with Crippen molar-refractivity contribution in [3.8, 4) is 0 Å². The van der Waals surface area contributed by atoms with E-state index in [4.69, 9.17) is 0 Å². The molecular formula is C29H21BrFN3O4S2. The van der Waals surface area contributed by atoms with Gasteiger partial charge in [-0.15, -0.1) is 0 Å². The topological polar surface area (TPSA) is 88.5 Å². The molecule has 1 aromatic heterocycles. The van der Waals surface area contributed by atoms with Crippen LogP contribution < -0.4 is 15.1 Å². The number of fused-ring (bicyclic) bond motifs is 2. The first-order valence-corrected chi connectivity index (χ1v) is 14.9. The Bertz CT molecular complexity index is 1700. The van der Waals surface area contributed by atoms with Gasteiger partial charge in [0.15, 0.2) is 0 Å². The van der Waals surface area contributed by atoms with Crippen molar-refractivity contribution >= 4 is 68.1 Å². The lowest BCUT2D eigenvalue weighted by Crippen LogP contribution is -2.33. The largest absolute Gasteiger partial charge is 0.325 e. The molecule has 2 aliphatic heterocycles. The summed E-state index contributed by atoms with van der Waals surface area (Å²) in [6.07, 6.45) is 0. The van der Waals surface area contributed by atoms with Crippen LogP contribution in [0.3, 0.4) is 0 Å². The molecule has 3 atom stereocenters. The van der Waals surface area contributed by atoms with Crippen LogP contribution in [-0.4, -0.2) is 27.5 Å². The second kappa shape index (κ2) is 10.5. The number of hydrogen-bond donors (Lipinski definition) is 1. The van der Waals surface area contributed by atoms with Crippen molar-refractivity contribution in [2.24, 2.45) is 5.92 Å². The molecule has 0 radical (unpaired) electrons. The van der Waals surface area contributed by atoms with E-state index in [1.54, 1.807) is 48.5 Å². The number of aromatic nitrogens is 1. The van der Waals surface area contributed by atoms with E-state index in [-0.39, 0.29) is 17.3 Å². The highest BCUT2D eigenvalue weighted by atomic mass is 79.9. The van der Waals surface area contributed by atoms with Crippen molar-refractivity contribution in [3.63, 3.8) is 0 Å². The molecule has 40 heavy (non-hydrogen) atoms. The van der Waals surface area contributed by atoms with Crippen LogP contribution in [0.15, 0.2) is 87.1 Å². The molecule has 3 aromatic carbocycles. The molecule has 3 amide bonds. The van der Waals surface area contributed by atoms with Gasteiger partial charge in [0.1, 0.15) is 17.6 Å². The predicted octanol–water partition coefficient (Wildman–Crippen LogP) is 5.55. The van der Waals surface area contributed by atoms with Crippen molar-refractivity contribution in [1.29, 1.82) is 0 Å². The fourth-order valence-corrected chi connectivity index (χ4v) is 8.15. The monoisotopic (exact) mass is 637 g/mol. The third-order valence-corrected chi connectivity index (χ3v) is 10.1. The molecule has 0 spiro atoms. The summed E-state index contributed by atoms with van der Waals surface area (Å²) < 4.78 is 16.0. The van der Waals surface area contributed by atoms with Gasteiger partial charge in [-0.25, -0.2) is 9.29 Å². The average molecular weight is 639 g/mol. The summed E-state index contributed by atoms with van der Waals surface area (Å²) >= 11 is 5.47. The smallest absolute Gasteiger partial charge is 0.308 e. The van der Waals surface area contributed by atoms with Gasteiger partial charge >= 0.3 is 4.87 Å². The highest BCUT2D eigenvalue weighted by Gasteiger charge is 2.56. The van der Waals surface area contributed by atoms with Gasteiger partial charge in [-0.05, 0) is 61.0 Å². The molecule has 6 rings (SSSR count). The predicted molar refractivity (Wildman–Crippen MR) is 156 cm³/mol. The quantitative estimate of drug-likeness (QED) is 0.290. The lowest BCUT2D eigenvalue weighted by atomic mass is 9.83. The first-order chi connectivity index (χ1) is 19.2. The van der Waals surface area contributed by atoms with Crippen LogP contribution in [-0.2, 0) is 20.9 Å². The SMILES string of the molecule is Cc1ccc(NC(=O)Cn2c3c(sc2=O)[C@H](c2ccc(F)cc2)C2C(=O)N(c4ccc(Br)cc4)C(=O)C2S3)cc1. The van der Waals surface area contributed by atoms with Crippen molar-refractivity contribution in [2.45, 2.75) is 29.7 Å². The normalized spacial score (nSPS) is 19.9. The van der Waals surface area contributed by atoms with Gasteiger partial charge < -0.3 is 5.32 Å². The van der Waals surface area contributed by atoms with E-state index in [2.05, 4.69) is 21.2 Å². The summed E-state index contributed by atoms with van der Waals surface area (Å²) in [6.45, 7) is 1.69. The van der Waals surface area contributed by atoms with Crippen LogP contribution in [0.25, 0.3) is 0 Å².